The Hall–Kier alpha value is -11.0. The fourth-order valence-corrected chi connectivity index (χ4v) is 10.6. The molecule has 8 nitrogen and oxygen atoms in total. The first-order chi connectivity index (χ1) is 39.7. The number of fused-ring (bicyclic) bond motifs is 2. The molecule has 1 aliphatic rings. The summed E-state index contributed by atoms with van der Waals surface area (Å²) in [5.41, 5.74) is 18.7. The second-order valence-corrected chi connectivity index (χ2v) is 19.5. The van der Waals surface area contributed by atoms with Crippen molar-refractivity contribution in [3.8, 4) is 101 Å². The summed E-state index contributed by atoms with van der Waals surface area (Å²) < 4.78 is 0. The van der Waals surface area contributed by atoms with E-state index in [1.165, 1.54) is 0 Å². The second kappa shape index (κ2) is 20.9. The molecule has 10 aromatic carbocycles. The van der Waals surface area contributed by atoms with Gasteiger partial charge in [-0.3, -0.25) is 4.90 Å². The van der Waals surface area contributed by atoms with Gasteiger partial charge in [0.15, 0.2) is 11.6 Å². The number of anilines is 6. The molecule has 0 spiro atoms. The standard InChI is InChI=1S/C72H48N8/c1-8-26-49(27-9-1)57-44-56(70-73-59(50-28-10-2-11-29-50)46-60(74-70)51-30-12-3-13-31-51)45-58(71-75-61(52-32-14-4-15-33-52)47-62(76-71)53-34-16-5-17-35-53)69(57)79-65-40-22-24-42-67(65)80(68-43-25-23-41-66(68)79)72-77-63(54-36-18-6-19-37-54)48-64(78-72)55-38-20-7-21-39-55/h1-48H. The Morgan fingerprint density at radius 2 is 0.463 bits per heavy atom. The molecule has 376 valence electrons. The Bertz CT molecular complexity index is 4120. The molecular weight excluding hydrogens is 977 g/mol. The van der Waals surface area contributed by atoms with Gasteiger partial charge in [-0.25, -0.2) is 29.9 Å². The summed E-state index contributed by atoms with van der Waals surface area (Å²) in [4.78, 5) is 37.5. The van der Waals surface area contributed by atoms with E-state index in [1.807, 2.05) is 84.9 Å². The predicted octanol–water partition coefficient (Wildman–Crippen LogP) is 18.3. The highest BCUT2D eigenvalue weighted by molar-refractivity contribution is 6.07. The van der Waals surface area contributed by atoms with Gasteiger partial charge < -0.3 is 4.90 Å². The molecule has 14 rings (SSSR count). The van der Waals surface area contributed by atoms with Gasteiger partial charge in [-0.2, -0.15) is 0 Å². The highest BCUT2D eigenvalue weighted by Crippen LogP contribution is 2.57. The lowest BCUT2D eigenvalue weighted by Crippen LogP contribution is -2.26. The average molecular weight is 1030 g/mol. The van der Waals surface area contributed by atoms with E-state index >= 15 is 0 Å². The van der Waals surface area contributed by atoms with Crippen molar-refractivity contribution >= 4 is 34.4 Å². The third-order valence-electron chi connectivity index (χ3n) is 14.4. The van der Waals surface area contributed by atoms with Crippen LogP contribution in [0.2, 0.25) is 0 Å². The molecule has 3 aromatic heterocycles. The monoisotopic (exact) mass is 1020 g/mol. The first-order valence-corrected chi connectivity index (χ1v) is 26.7. The lowest BCUT2D eigenvalue weighted by molar-refractivity contribution is 1.06. The van der Waals surface area contributed by atoms with E-state index in [1.54, 1.807) is 0 Å². The lowest BCUT2D eigenvalue weighted by Gasteiger charge is -2.40. The van der Waals surface area contributed by atoms with Crippen LogP contribution in [0.25, 0.3) is 101 Å². The molecule has 0 N–H and O–H groups in total. The number of nitrogens with zero attached hydrogens (tertiary/aromatic N) is 8. The number of benzene rings is 10. The number of para-hydroxylation sites is 4. The van der Waals surface area contributed by atoms with Crippen LogP contribution in [0.15, 0.2) is 291 Å². The van der Waals surface area contributed by atoms with E-state index in [0.717, 1.165) is 118 Å². The van der Waals surface area contributed by atoms with Crippen LogP contribution in [0, 0.1) is 0 Å². The fraction of sp³-hybridized carbons (Fsp3) is 0. The maximum absolute atomic E-state index is 5.60. The summed E-state index contributed by atoms with van der Waals surface area (Å²) in [6.45, 7) is 0. The summed E-state index contributed by atoms with van der Waals surface area (Å²) in [6, 6.07) is 100. The molecule has 8 heteroatoms. The molecule has 0 unspecified atom stereocenters. The summed E-state index contributed by atoms with van der Waals surface area (Å²) in [7, 11) is 0. The van der Waals surface area contributed by atoms with E-state index < -0.39 is 0 Å². The van der Waals surface area contributed by atoms with Gasteiger partial charge in [-0.05, 0) is 60.2 Å². The van der Waals surface area contributed by atoms with Crippen LogP contribution < -0.4 is 9.80 Å². The van der Waals surface area contributed by atoms with Crippen LogP contribution in [-0.2, 0) is 0 Å². The maximum atomic E-state index is 5.60. The highest BCUT2D eigenvalue weighted by Gasteiger charge is 2.36. The first kappa shape index (κ1) is 47.5. The fourth-order valence-electron chi connectivity index (χ4n) is 10.6. The Labute approximate surface area is 464 Å². The Morgan fingerprint density at radius 1 is 0.200 bits per heavy atom. The minimum absolute atomic E-state index is 0.533. The van der Waals surface area contributed by atoms with Crippen LogP contribution in [0.1, 0.15) is 0 Å². The Balaban J connectivity index is 1.07. The third-order valence-corrected chi connectivity index (χ3v) is 14.4. The molecule has 0 saturated heterocycles. The summed E-state index contributed by atoms with van der Waals surface area (Å²) in [5, 5.41) is 0. The van der Waals surface area contributed by atoms with E-state index in [-0.39, 0.29) is 0 Å². The van der Waals surface area contributed by atoms with Crippen LogP contribution >= 0.6 is 0 Å². The van der Waals surface area contributed by atoms with Crippen molar-refractivity contribution in [3.05, 3.63) is 291 Å². The number of hydrogen-bond donors (Lipinski definition) is 0. The molecule has 0 atom stereocenters. The Morgan fingerprint density at radius 3 is 0.800 bits per heavy atom. The molecule has 0 bridgehead atoms. The van der Waals surface area contributed by atoms with Gasteiger partial charge in [-0.1, -0.05) is 237 Å². The zero-order valence-corrected chi connectivity index (χ0v) is 43.3. The first-order valence-electron chi connectivity index (χ1n) is 26.7. The number of aromatic nitrogens is 6. The van der Waals surface area contributed by atoms with Crippen LogP contribution in [0.4, 0.5) is 34.4 Å². The second-order valence-electron chi connectivity index (χ2n) is 19.5. The summed E-state index contributed by atoms with van der Waals surface area (Å²) >= 11 is 0. The SMILES string of the molecule is c1ccc(-c2cc(-c3ccccc3)nc(-c3cc(-c4ccccc4)c(N4c5ccccc5N(c5nc(-c6ccccc6)cc(-c6ccccc6)n5)c5ccccc54)c(-c4nc(-c5ccccc5)cc(-c5ccccc5)n4)c3)n2)cc1. The van der Waals surface area contributed by atoms with E-state index in [4.69, 9.17) is 29.9 Å². The summed E-state index contributed by atoms with van der Waals surface area (Å²) in [5.74, 6) is 1.64. The van der Waals surface area contributed by atoms with Gasteiger partial charge in [0.05, 0.1) is 62.6 Å². The van der Waals surface area contributed by atoms with Gasteiger partial charge in [0, 0.05) is 50.1 Å². The molecular formula is C72H48N8. The third kappa shape index (κ3) is 9.12. The van der Waals surface area contributed by atoms with Crippen molar-refractivity contribution in [3.63, 3.8) is 0 Å². The molecule has 0 aliphatic carbocycles. The smallest absolute Gasteiger partial charge is 0.235 e. The van der Waals surface area contributed by atoms with Crippen molar-refractivity contribution in [2.75, 3.05) is 9.80 Å². The average Bonchev–Trinajstić information content (AvgIpc) is 3.64. The molecule has 0 amide bonds. The van der Waals surface area contributed by atoms with Gasteiger partial charge in [0.25, 0.3) is 0 Å². The van der Waals surface area contributed by atoms with Gasteiger partial charge in [0.2, 0.25) is 5.95 Å². The van der Waals surface area contributed by atoms with Crippen LogP contribution in [0.3, 0.4) is 0 Å². The molecule has 0 saturated carbocycles. The van der Waals surface area contributed by atoms with Gasteiger partial charge in [0.1, 0.15) is 0 Å². The van der Waals surface area contributed by atoms with E-state index in [9.17, 15) is 0 Å². The molecule has 13 aromatic rings. The molecule has 80 heavy (non-hydrogen) atoms. The normalized spacial score (nSPS) is 11.7. The molecule has 0 radical (unpaired) electrons. The van der Waals surface area contributed by atoms with Crippen molar-refractivity contribution < 1.29 is 0 Å². The zero-order chi connectivity index (χ0) is 53.2. The van der Waals surface area contributed by atoms with Gasteiger partial charge in [-0.15, -0.1) is 0 Å². The lowest BCUT2D eigenvalue weighted by atomic mass is 9.93. The summed E-state index contributed by atoms with van der Waals surface area (Å²) in [6.07, 6.45) is 0. The van der Waals surface area contributed by atoms with Crippen molar-refractivity contribution in [2.24, 2.45) is 0 Å². The molecule has 4 heterocycles. The minimum atomic E-state index is 0.533. The Kier molecular flexibility index (Phi) is 12.4. The van der Waals surface area contributed by atoms with Crippen molar-refractivity contribution in [2.45, 2.75) is 0 Å². The van der Waals surface area contributed by atoms with Crippen LogP contribution in [-0.4, -0.2) is 29.9 Å². The van der Waals surface area contributed by atoms with Crippen molar-refractivity contribution in [1.29, 1.82) is 0 Å². The number of hydrogen-bond acceptors (Lipinski definition) is 8. The molecule has 0 fully saturated rings. The van der Waals surface area contributed by atoms with E-state index in [2.05, 4.69) is 216 Å². The van der Waals surface area contributed by atoms with E-state index in [0.29, 0.717) is 17.6 Å². The topological polar surface area (TPSA) is 83.8 Å². The maximum Gasteiger partial charge on any atom is 0.235 e. The molecule has 1 aliphatic heterocycles. The van der Waals surface area contributed by atoms with Crippen molar-refractivity contribution in [1.82, 2.24) is 29.9 Å². The quantitative estimate of drug-likeness (QED) is 0.127. The predicted molar refractivity (Wildman–Crippen MR) is 325 cm³/mol. The zero-order valence-electron chi connectivity index (χ0n) is 43.3. The highest BCUT2D eigenvalue weighted by atomic mass is 15.3. The van der Waals surface area contributed by atoms with Gasteiger partial charge >= 0.3 is 0 Å². The minimum Gasteiger partial charge on any atom is -0.305 e. The number of rotatable bonds is 11. The largest absolute Gasteiger partial charge is 0.305 e. The van der Waals surface area contributed by atoms with Crippen LogP contribution in [0.5, 0.6) is 0 Å².